The summed E-state index contributed by atoms with van der Waals surface area (Å²) in [6.07, 6.45) is 7.14. The van der Waals surface area contributed by atoms with Gasteiger partial charge in [0.1, 0.15) is 11.0 Å². The van der Waals surface area contributed by atoms with Gasteiger partial charge in [-0.3, -0.25) is 4.98 Å². The molecule has 4 heteroatoms. The van der Waals surface area contributed by atoms with Gasteiger partial charge in [-0.2, -0.15) is 0 Å². The SMILES string of the molecule is CCCc1nc(Cl)c(C)c(C2CCCc3cccnc32)n1. The first-order chi connectivity index (χ1) is 10.2. The molecule has 1 unspecified atom stereocenters. The van der Waals surface area contributed by atoms with Crippen molar-refractivity contribution < 1.29 is 0 Å². The van der Waals surface area contributed by atoms with Crippen molar-refractivity contribution in [2.24, 2.45) is 0 Å². The van der Waals surface area contributed by atoms with Crippen LogP contribution in [0.4, 0.5) is 0 Å². The van der Waals surface area contributed by atoms with E-state index in [9.17, 15) is 0 Å². The third-order valence-electron chi connectivity index (χ3n) is 4.17. The number of halogens is 1. The molecule has 1 aliphatic carbocycles. The molecule has 110 valence electrons. The molecule has 0 bridgehead atoms. The molecule has 2 aromatic rings. The zero-order chi connectivity index (χ0) is 14.8. The standard InChI is InChI=1S/C17H20ClN3/c1-3-6-14-20-15(11(2)17(18)21-14)13-9-4-7-12-8-5-10-19-16(12)13/h5,8,10,13H,3-4,6-7,9H2,1-2H3. The molecular formula is C17H20ClN3. The van der Waals surface area contributed by atoms with Gasteiger partial charge in [-0.1, -0.05) is 24.6 Å². The zero-order valence-corrected chi connectivity index (χ0v) is 13.3. The Hall–Kier alpha value is -1.48. The van der Waals surface area contributed by atoms with Crippen LogP contribution in [0.2, 0.25) is 5.15 Å². The highest BCUT2D eigenvalue weighted by Crippen LogP contribution is 2.36. The van der Waals surface area contributed by atoms with Crippen LogP contribution in [0.25, 0.3) is 0 Å². The molecule has 0 amide bonds. The van der Waals surface area contributed by atoms with Gasteiger partial charge in [0.2, 0.25) is 0 Å². The largest absolute Gasteiger partial charge is 0.260 e. The Morgan fingerprint density at radius 1 is 1.29 bits per heavy atom. The number of fused-ring (bicyclic) bond motifs is 1. The summed E-state index contributed by atoms with van der Waals surface area (Å²) in [4.78, 5) is 13.8. The van der Waals surface area contributed by atoms with Crippen LogP contribution in [-0.2, 0) is 12.8 Å². The summed E-state index contributed by atoms with van der Waals surface area (Å²) in [5.41, 5.74) is 4.59. The van der Waals surface area contributed by atoms with Crippen LogP contribution in [0.3, 0.4) is 0 Å². The van der Waals surface area contributed by atoms with Gasteiger partial charge < -0.3 is 0 Å². The molecule has 0 aliphatic heterocycles. The predicted octanol–water partition coefficient (Wildman–Crippen LogP) is 4.25. The van der Waals surface area contributed by atoms with Gasteiger partial charge in [-0.05, 0) is 44.2 Å². The van der Waals surface area contributed by atoms with E-state index in [0.717, 1.165) is 42.8 Å². The fraction of sp³-hybridized carbons (Fsp3) is 0.471. The minimum Gasteiger partial charge on any atom is -0.260 e. The molecule has 1 atom stereocenters. The summed E-state index contributed by atoms with van der Waals surface area (Å²) in [5, 5.41) is 0.589. The summed E-state index contributed by atoms with van der Waals surface area (Å²) in [5.74, 6) is 1.11. The van der Waals surface area contributed by atoms with Gasteiger partial charge >= 0.3 is 0 Å². The Morgan fingerprint density at radius 3 is 2.95 bits per heavy atom. The van der Waals surface area contributed by atoms with Crippen molar-refractivity contribution in [2.75, 3.05) is 0 Å². The fourth-order valence-electron chi connectivity index (χ4n) is 3.10. The summed E-state index contributed by atoms with van der Waals surface area (Å²) < 4.78 is 0. The van der Waals surface area contributed by atoms with Crippen molar-refractivity contribution in [3.05, 3.63) is 51.8 Å². The van der Waals surface area contributed by atoms with Crippen molar-refractivity contribution in [3.63, 3.8) is 0 Å². The summed E-state index contributed by atoms with van der Waals surface area (Å²) in [6, 6.07) is 4.20. The van der Waals surface area contributed by atoms with Crippen LogP contribution in [-0.4, -0.2) is 15.0 Å². The normalized spacial score (nSPS) is 17.6. The monoisotopic (exact) mass is 301 g/mol. The van der Waals surface area contributed by atoms with E-state index in [-0.39, 0.29) is 5.92 Å². The van der Waals surface area contributed by atoms with Crippen LogP contribution >= 0.6 is 11.6 Å². The summed E-state index contributed by atoms with van der Waals surface area (Å²) in [7, 11) is 0. The number of rotatable bonds is 3. The lowest BCUT2D eigenvalue weighted by molar-refractivity contribution is 0.580. The quantitative estimate of drug-likeness (QED) is 0.795. The van der Waals surface area contributed by atoms with Crippen LogP contribution in [0.1, 0.15) is 60.4 Å². The second-order valence-electron chi connectivity index (χ2n) is 5.68. The lowest BCUT2D eigenvalue weighted by Crippen LogP contribution is -2.17. The van der Waals surface area contributed by atoms with E-state index in [0.29, 0.717) is 5.15 Å². The molecule has 0 aromatic carbocycles. The van der Waals surface area contributed by atoms with Crippen LogP contribution < -0.4 is 0 Å². The first-order valence-corrected chi connectivity index (χ1v) is 8.05. The molecule has 0 saturated carbocycles. The maximum absolute atomic E-state index is 6.33. The predicted molar refractivity (Wildman–Crippen MR) is 84.8 cm³/mol. The smallest absolute Gasteiger partial charge is 0.135 e. The van der Waals surface area contributed by atoms with Crippen molar-refractivity contribution >= 4 is 11.6 Å². The molecule has 3 rings (SSSR count). The molecular weight excluding hydrogens is 282 g/mol. The maximum Gasteiger partial charge on any atom is 0.135 e. The van der Waals surface area contributed by atoms with Gasteiger partial charge in [0.05, 0.1) is 11.4 Å². The average Bonchev–Trinajstić information content (AvgIpc) is 2.50. The number of nitrogens with zero attached hydrogens (tertiary/aromatic N) is 3. The van der Waals surface area contributed by atoms with Crippen molar-refractivity contribution in [2.45, 2.75) is 51.9 Å². The number of hydrogen-bond donors (Lipinski definition) is 0. The molecule has 21 heavy (non-hydrogen) atoms. The lowest BCUT2D eigenvalue weighted by Gasteiger charge is -2.25. The van der Waals surface area contributed by atoms with Gasteiger partial charge in [0.25, 0.3) is 0 Å². The van der Waals surface area contributed by atoms with Gasteiger partial charge in [0.15, 0.2) is 0 Å². The van der Waals surface area contributed by atoms with E-state index in [1.807, 2.05) is 19.2 Å². The highest BCUT2D eigenvalue weighted by Gasteiger charge is 2.26. The number of aryl methyl sites for hydroxylation is 2. The maximum atomic E-state index is 6.33. The Morgan fingerprint density at radius 2 is 2.14 bits per heavy atom. The highest BCUT2D eigenvalue weighted by atomic mass is 35.5. The second-order valence-corrected chi connectivity index (χ2v) is 6.04. The highest BCUT2D eigenvalue weighted by molar-refractivity contribution is 6.30. The number of hydrogen-bond acceptors (Lipinski definition) is 3. The third-order valence-corrected chi connectivity index (χ3v) is 4.54. The second kappa shape index (κ2) is 6.10. The molecule has 0 saturated heterocycles. The summed E-state index contributed by atoms with van der Waals surface area (Å²) >= 11 is 6.33. The van der Waals surface area contributed by atoms with E-state index in [1.54, 1.807) is 0 Å². The van der Waals surface area contributed by atoms with Crippen molar-refractivity contribution in [1.82, 2.24) is 15.0 Å². The van der Waals surface area contributed by atoms with Gasteiger partial charge in [0, 0.05) is 24.1 Å². The van der Waals surface area contributed by atoms with E-state index >= 15 is 0 Å². The minimum atomic E-state index is 0.256. The van der Waals surface area contributed by atoms with Crippen molar-refractivity contribution in [3.8, 4) is 0 Å². The van der Waals surface area contributed by atoms with E-state index < -0.39 is 0 Å². The molecule has 0 N–H and O–H groups in total. The minimum absolute atomic E-state index is 0.256. The first kappa shape index (κ1) is 14.5. The number of aromatic nitrogens is 3. The Bertz CT molecular complexity index is 654. The Labute approximate surface area is 130 Å². The van der Waals surface area contributed by atoms with E-state index in [1.165, 1.54) is 17.7 Å². The number of pyridine rings is 1. The fourth-order valence-corrected chi connectivity index (χ4v) is 3.30. The Kier molecular flexibility index (Phi) is 4.20. The average molecular weight is 302 g/mol. The molecule has 1 aliphatic rings. The first-order valence-electron chi connectivity index (χ1n) is 7.67. The van der Waals surface area contributed by atoms with Gasteiger partial charge in [-0.15, -0.1) is 0 Å². The molecule has 3 nitrogen and oxygen atoms in total. The Balaban J connectivity index is 2.09. The molecule has 0 radical (unpaired) electrons. The third kappa shape index (κ3) is 2.80. The zero-order valence-electron chi connectivity index (χ0n) is 12.6. The van der Waals surface area contributed by atoms with Crippen LogP contribution in [0.5, 0.6) is 0 Å². The molecule has 2 aromatic heterocycles. The van der Waals surface area contributed by atoms with Crippen molar-refractivity contribution in [1.29, 1.82) is 0 Å². The van der Waals surface area contributed by atoms with E-state index in [4.69, 9.17) is 16.6 Å². The lowest BCUT2D eigenvalue weighted by atomic mass is 9.83. The van der Waals surface area contributed by atoms with Crippen LogP contribution in [0.15, 0.2) is 18.3 Å². The van der Waals surface area contributed by atoms with Crippen LogP contribution in [0, 0.1) is 6.92 Å². The summed E-state index contributed by atoms with van der Waals surface area (Å²) in [6.45, 7) is 4.15. The molecule has 0 spiro atoms. The van der Waals surface area contributed by atoms with E-state index in [2.05, 4.69) is 23.0 Å². The topological polar surface area (TPSA) is 38.7 Å². The molecule has 0 fully saturated rings. The van der Waals surface area contributed by atoms with Gasteiger partial charge in [-0.25, -0.2) is 9.97 Å². The molecule has 2 heterocycles.